The summed E-state index contributed by atoms with van der Waals surface area (Å²) in [7, 11) is 1.97. The quantitative estimate of drug-likeness (QED) is 0.739. The molecular formula is C9H15N3S. The lowest BCUT2D eigenvalue weighted by atomic mass is 10.2. The molecular weight excluding hydrogens is 182 g/mol. The van der Waals surface area contributed by atoms with E-state index in [9.17, 15) is 0 Å². The second-order valence-corrected chi connectivity index (χ2v) is 4.76. The van der Waals surface area contributed by atoms with Crippen LogP contribution in [0.1, 0.15) is 23.6 Å². The van der Waals surface area contributed by atoms with E-state index in [-0.39, 0.29) is 0 Å². The fourth-order valence-electron chi connectivity index (χ4n) is 1.65. The lowest BCUT2D eigenvalue weighted by Gasteiger charge is -2.08. The summed E-state index contributed by atoms with van der Waals surface area (Å²) in [6, 6.07) is 0.620. The fraction of sp³-hybridized carbons (Fsp3) is 0.667. The van der Waals surface area contributed by atoms with Crippen molar-refractivity contribution in [3.63, 3.8) is 0 Å². The number of aryl methyl sites for hydroxylation is 2. The molecule has 0 amide bonds. The van der Waals surface area contributed by atoms with Crippen molar-refractivity contribution in [3.8, 4) is 0 Å². The van der Waals surface area contributed by atoms with Gasteiger partial charge in [0.05, 0.1) is 11.1 Å². The Morgan fingerprint density at radius 2 is 2.46 bits per heavy atom. The lowest BCUT2D eigenvalue weighted by Crippen LogP contribution is -2.22. The van der Waals surface area contributed by atoms with Crippen molar-refractivity contribution in [1.82, 2.24) is 15.1 Å². The van der Waals surface area contributed by atoms with Crippen molar-refractivity contribution in [2.45, 2.75) is 25.3 Å². The molecule has 1 aliphatic rings. The standard InChI is InChI=1S/C9H15N3S/c1-6-5-13-9(10-6)8-4-12(3)11-7(8)2/h4,6,9-10H,5H2,1-3H3. The van der Waals surface area contributed by atoms with E-state index in [0.717, 1.165) is 5.69 Å². The molecule has 13 heavy (non-hydrogen) atoms. The molecule has 1 aromatic heterocycles. The SMILES string of the molecule is Cc1nn(C)cc1C1NC(C)CS1. The van der Waals surface area contributed by atoms with Crippen LogP contribution in [0.4, 0.5) is 0 Å². The van der Waals surface area contributed by atoms with Crippen molar-refractivity contribution in [1.29, 1.82) is 0 Å². The average Bonchev–Trinajstić information content (AvgIpc) is 2.58. The molecule has 3 nitrogen and oxygen atoms in total. The van der Waals surface area contributed by atoms with Crippen molar-refractivity contribution < 1.29 is 0 Å². The molecule has 1 saturated heterocycles. The summed E-state index contributed by atoms with van der Waals surface area (Å²) in [5.74, 6) is 1.19. The van der Waals surface area contributed by atoms with Gasteiger partial charge in [-0.25, -0.2) is 0 Å². The zero-order chi connectivity index (χ0) is 9.42. The van der Waals surface area contributed by atoms with Gasteiger partial charge in [0, 0.05) is 30.6 Å². The normalized spacial score (nSPS) is 28.2. The van der Waals surface area contributed by atoms with E-state index in [2.05, 4.69) is 30.5 Å². The Hall–Kier alpha value is -0.480. The molecule has 1 fully saturated rings. The summed E-state index contributed by atoms with van der Waals surface area (Å²) in [4.78, 5) is 0. The minimum absolute atomic E-state index is 0.448. The van der Waals surface area contributed by atoms with Gasteiger partial charge in [-0.3, -0.25) is 10.00 Å². The van der Waals surface area contributed by atoms with Gasteiger partial charge in [-0.1, -0.05) is 0 Å². The van der Waals surface area contributed by atoms with Gasteiger partial charge < -0.3 is 0 Å². The van der Waals surface area contributed by atoms with Crippen molar-refractivity contribution in [3.05, 3.63) is 17.5 Å². The fourth-order valence-corrected chi connectivity index (χ4v) is 2.97. The molecule has 2 unspecified atom stereocenters. The van der Waals surface area contributed by atoms with Crippen molar-refractivity contribution >= 4 is 11.8 Å². The molecule has 2 rings (SSSR count). The van der Waals surface area contributed by atoms with Gasteiger partial charge in [-0.2, -0.15) is 5.10 Å². The summed E-state index contributed by atoms with van der Waals surface area (Å²) in [5, 5.41) is 8.33. The first-order valence-corrected chi connectivity index (χ1v) is 5.59. The first-order valence-electron chi connectivity index (χ1n) is 4.54. The highest BCUT2D eigenvalue weighted by molar-refractivity contribution is 7.99. The highest BCUT2D eigenvalue weighted by atomic mass is 32.2. The van der Waals surface area contributed by atoms with E-state index in [1.807, 2.05) is 23.5 Å². The largest absolute Gasteiger partial charge is 0.298 e. The molecule has 4 heteroatoms. The zero-order valence-corrected chi connectivity index (χ0v) is 9.06. The average molecular weight is 197 g/mol. The van der Waals surface area contributed by atoms with Gasteiger partial charge in [-0.15, -0.1) is 11.8 Å². The van der Waals surface area contributed by atoms with E-state index < -0.39 is 0 Å². The van der Waals surface area contributed by atoms with Crippen LogP contribution in [0, 0.1) is 6.92 Å². The predicted molar refractivity (Wildman–Crippen MR) is 55.7 cm³/mol. The molecule has 2 atom stereocenters. The summed E-state index contributed by atoms with van der Waals surface area (Å²) in [5.41, 5.74) is 2.47. The minimum Gasteiger partial charge on any atom is -0.298 e. The van der Waals surface area contributed by atoms with Crippen molar-refractivity contribution in [2.75, 3.05) is 5.75 Å². The zero-order valence-electron chi connectivity index (χ0n) is 8.24. The van der Waals surface area contributed by atoms with E-state index >= 15 is 0 Å². The third-order valence-corrected chi connectivity index (χ3v) is 3.70. The Morgan fingerprint density at radius 3 is 2.92 bits per heavy atom. The van der Waals surface area contributed by atoms with E-state index in [1.54, 1.807) is 0 Å². The maximum absolute atomic E-state index is 4.34. The third kappa shape index (κ3) is 1.74. The van der Waals surface area contributed by atoms with Gasteiger partial charge >= 0.3 is 0 Å². The highest BCUT2D eigenvalue weighted by Crippen LogP contribution is 2.33. The van der Waals surface area contributed by atoms with Crippen LogP contribution in [-0.2, 0) is 7.05 Å². The van der Waals surface area contributed by atoms with E-state index in [0.29, 0.717) is 11.4 Å². The Bertz CT molecular complexity index is 308. The Balaban J connectivity index is 2.20. The van der Waals surface area contributed by atoms with Gasteiger partial charge in [0.1, 0.15) is 0 Å². The van der Waals surface area contributed by atoms with Crippen LogP contribution in [0.15, 0.2) is 6.20 Å². The van der Waals surface area contributed by atoms with Gasteiger partial charge in [0.15, 0.2) is 0 Å². The predicted octanol–water partition coefficient (Wildman–Crippen LogP) is 1.45. The molecule has 2 heterocycles. The van der Waals surface area contributed by atoms with Gasteiger partial charge in [0.2, 0.25) is 0 Å². The summed E-state index contributed by atoms with van der Waals surface area (Å²) in [6.07, 6.45) is 2.11. The molecule has 0 bridgehead atoms. The van der Waals surface area contributed by atoms with E-state index in [4.69, 9.17) is 0 Å². The minimum atomic E-state index is 0.448. The monoisotopic (exact) mass is 197 g/mol. The maximum atomic E-state index is 4.34. The molecule has 0 aliphatic carbocycles. The van der Waals surface area contributed by atoms with Gasteiger partial charge in [0.25, 0.3) is 0 Å². The van der Waals surface area contributed by atoms with E-state index in [1.165, 1.54) is 11.3 Å². The van der Waals surface area contributed by atoms with Crippen LogP contribution in [0.2, 0.25) is 0 Å². The van der Waals surface area contributed by atoms with Crippen LogP contribution in [-0.4, -0.2) is 21.6 Å². The van der Waals surface area contributed by atoms with Crippen LogP contribution >= 0.6 is 11.8 Å². The molecule has 0 radical (unpaired) electrons. The Kier molecular flexibility index (Phi) is 2.34. The third-order valence-electron chi connectivity index (χ3n) is 2.28. The second-order valence-electron chi connectivity index (χ2n) is 3.62. The Morgan fingerprint density at radius 1 is 1.69 bits per heavy atom. The summed E-state index contributed by atoms with van der Waals surface area (Å²) in [6.45, 7) is 4.29. The number of hydrogen-bond acceptors (Lipinski definition) is 3. The van der Waals surface area contributed by atoms with Crippen LogP contribution < -0.4 is 5.32 Å². The van der Waals surface area contributed by atoms with Crippen LogP contribution in [0.3, 0.4) is 0 Å². The molecule has 1 aliphatic heterocycles. The first kappa shape index (κ1) is 9.09. The lowest BCUT2D eigenvalue weighted by molar-refractivity contribution is 0.616. The molecule has 0 spiro atoms. The number of nitrogens with one attached hydrogen (secondary N) is 1. The molecule has 1 aromatic rings. The molecule has 0 saturated carbocycles. The first-order chi connectivity index (χ1) is 6.16. The maximum Gasteiger partial charge on any atom is 0.0825 e. The second kappa shape index (κ2) is 3.35. The van der Waals surface area contributed by atoms with Crippen molar-refractivity contribution in [2.24, 2.45) is 7.05 Å². The number of aromatic nitrogens is 2. The molecule has 1 N–H and O–H groups in total. The number of hydrogen-bond donors (Lipinski definition) is 1. The Labute approximate surface area is 82.9 Å². The van der Waals surface area contributed by atoms with Gasteiger partial charge in [-0.05, 0) is 13.8 Å². The highest BCUT2D eigenvalue weighted by Gasteiger charge is 2.24. The smallest absolute Gasteiger partial charge is 0.0825 e. The number of thioether (sulfide) groups is 1. The summed E-state index contributed by atoms with van der Waals surface area (Å²) >= 11 is 1.97. The topological polar surface area (TPSA) is 29.9 Å². The van der Waals surface area contributed by atoms with Crippen LogP contribution in [0.25, 0.3) is 0 Å². The van der Waals surface area contributed by atoms with Crippen LogP contribution in [0.5, 0.6) is 0 Å². The summed E-state index contributed by atoms with van der Waals surface area (Å²) < 4.78 is 1.88. The number of nitrogens with zero attached hydrogens (tertiary/aromatic N) is 2. The number of rotatable bonds is 1. The molecule has 72 valence electrons. The molecule has 0 aromatic carbocycles.